The molecule has 0 aliphatic heterocycles. The van der Waals surface area contributed by atoms with Crippen LogP contribution in [0.15, 0.2) is 70.7 Å². The second-order valence-corrected chi connectivity index (χ2v) is 13.4. The van der Waals surface area contributed by atoms with Crippen LogP contribution in [-0.4, -0.2) is 32.4 Å². The van der Waals surface area contributed by atoms with E-state index in [1.165, 1.54) is 31.3 Å². The molecule has 3 aliphatic rings. The van der Waals surface area contributed by atoms with Crippen molar-refractivity contribution in [2.45, 2.75) is 82.3 Å². The van der Waals surface area contributed by atoms with Crippen LogP contribution < -0.4 is 0 Å². The Kier molecular flexibility index (Phi) is 7.56. The van der Waals surface area contributed by atoms with Crippen LogP contribution in [-0.2, 0) is 9.73 Å². The summed E-state index contributed by atoms with van der Waals surface area (Å²) in [5, 5.41) is 20.2. The fraction of sp³-hybridized carbons (Fsp3) is 0.586. The monoisotopic (exact) mass is 483 g/mol. The first kappa shape index (κ1) is 25.4. The number of nitrogens with one attached hydrogen (secondary N) is 1. The summed E-state index contributed by atoms with van der Waals surface area (Å²) in [6.07, 6.45) is 10.8. The van der Waals surface area contributed by atoms with Gasteiger partial charge in [-0.3, -0.25) is 0 Å². The van der Waals surface area contributed by atoms with E-state index in [1.807, 2.05) is 30.3 Å². The first-order chi connectivity index (χ1) is 16.1. The SMILES string of the molecule is C=C1/C(=C\C=C2/CCC[C@]3(C)[C@@H]([C@H](C)CC[S@@](=N)(=O)c4ccccc4)CC[C@@H]23)C[C@H](O)C[C@H]1O. The minimum absolute atomic E-state index is 0.236. The van der Waals surface area contributed by atoms with Crippen molar-refractivity contribution in [3.05, 3.63) is 65.8 Å². The Balaban J connectivity index is 1.46. The number of fused-ring (bicyclic) bond motifs is 1. The number of hydrogen-bond acceptors (Lipinski definition) is 4. The Morgan fingerprint density at radius 1 is 1.24 bits per heavy atom. The van der Waals surface area contributed by atoms with Crippen molar-refractivity contribution in [3.63, 3.8) is 0 Å². The van der Waals surface area contributed by atoms with Crippen LogP contribution in [0.25, 0.3) is 0 Å². The molecule has 3 saturated carbocycles. The lowest BCUT2D eigenvalue weighted by Crippen LogP contribution is -2.36. The number of allylic oxidation sites excluding steroid dienone is 3. The van der Waals surface area contributed by atoms with E-state index in [9.17, 15) is 14.4 Å². The summed E-state index contributed by atoms with van der Waals surface area (Å²) in [6.45, 7) is 8.81. The van der Waals surface area contributed by atoms with Crippen molar-refractivity contribution < 1.29 is 14.4 Å². The topological polar surface area (TPSA) is 81.4 Å². The molecule has 0 bridgehead atoms. The minimum atomic E-state index is -2.75. The number of benzene rings is 1. The van der Waals surface area contributed by atoms with E-state index < -0.39 is 21.9 Å². The van der Waals surface area contributed by atoms with Gasteiger partial charge in [-0.2, -0.15) is 0 Å². The van der Waals surface area contributed by atoms with Crippen LogP contribution in [0.4, 0.5) is 0 Å². The Morgan fingerprint density at radius 2 is 1.97 bits per heavy atom. The summed E-state index contributed by atoms with van der Waals surface area (Å²) >= 11 is 0. The van der Waals surface area contributed by atoms with Gasteiger partial charge in [-0.15, -0.1) is 0 Å². The van der Waals surface area contributed by atoms with Crippen molar-refractivity contribution in [3.8, 4) is 0 Å². The smallest absolute Gasteiger partial charge is 0.0811 e. The zero-order valence-corrected chi connectivity index (χ0v) is 21.5. The molecule has 1 aromatic carbocycles. The molecule has 0 radical (unpaired) electrons. The second kappa shape index (κ2) is 10.1. The molecule has 4 rings (SSSR count). The average molecular weight is 484 g/mol. The fourth-order valence-electron chi connectivity index (χ4n) is 6.99. The molecule has 0 aromatic heterocycles. The van der Waals surface area contributed by atoms with E-state index in [0.29, 0.717) is 41.2 Å². The van der Waals surface area contributed by atoms with E-state index in [-0.39, 0.29) is 5.41 Å². The predicted octanol–water partition coefficient (Wildman–Crippen LogP) is 6.26. The summed E-state index contributed by atoms with van der Waals surface area (Å²) in [4.78, 5) is 0.646. The summed E-state index contributed by atoms with van der Waals surface area (Å²) < 4.78 is 21.5. The zero-order chi connectivity index (χ0) is 24.5. The Bertz CT molecular complexity index is 1060. The third-order valence-corrected chi connectivity index (χ3v) is 10.8. The maximum absolute atomic E-state index is 13.0. The first-order valence-corrected chi connectivity index (χ1v) is 14.6. The van der Waals surface area contributed by atoms with E-state index in [4.69, 9.17) is 4.78 Å². The van der Waals surface area contributed by atoms with Gasteiger partial charge in [0.1, 0.15) is 0 Å². The Morgan fingerprint density at radius 3 is 2.71 bits per heavy atom. The van der Waals surface area contributed by atoms with E-state index in [1.54, 1.807) is 0 Å². The van der Waals surface area contributed by atoms with Gasteiger partial charge >= 0.3 is 0 Å². The zero-order valence-electron chi connectivity index (χ0n) is 20.7. The van der Waals surface area contributed by atoms with Crippen molar-refractivity contribution in [1.82, 2.24) is 0 Å². The maximum Gasteiger partial charge on any atom is 0.0811 e. The largest absolute Gasteiger partial charge is 0.393 e. The molecule has 0 spiro atoms. The lowest BCUT2D eigenvalue weighted by atomic mass is 9.61. The van der Waals surface area contributed by atoms with Crippen molar-refractivity contribution in [2.75, 3.05) is 5.75 Å². The van der Waals surface area contributed by atoms with E-state index in [0.717, 1.165) is 24.0 Å². The Labute approximate surface area is 205 Å². The second-order valence-electron chi connectivity index (χ2n) is 11.1. The molecular formula is C29H41NO3S. The van der Waals surface area contributed by atoms with Crippen LogP contribution in [0.1, 0.15) is 65.2 Å². The summed E-state index contributed by atoms with van der Waals surface area (Å²) in [5.74, 6) is 1.99. The third kappa shape index (κ3) is 5.12. The quantitative estimate of drug-likeness (QED) is 0.447. The molecule has 3 fully saturated rings. The molecule has 1 aromatic rings. The molecule has 3 aliphatic carbocycles. The van der Waals surface area contributed by atoms with Crippen LogP contribution in [0.3, 0.4) is 0 Å². The molecule has 186 valence electrons. The van der Waals surface area contributed by atoms with Crippen LogP contribution in [0.2, 0.25) is 0 Å². The molecule has 4 nitrogen and oxygen atoms in total. The van der Waals surface area contributed by atoms with Gasteiger partial charge in [-0.05, 0) is 91.4 Å². The van der Waals surface area contributed by atoms with E-state index in [2.05, 4.69) is 32.6 Å². The lowest BCUT2D eigenvalue weighted by molar-refractivity contribution is 0.0861. The minimum Gasteiger partial charge on any atom is -0.393 e. The lowest BCUT2D eigenvalue weighted by Gasteiger charge is -2.44. The highest BCUT2D eigenvalue weighted by Gasteiger charge is 2.50. The highest BCUT2D eigenvalue weighted by atomic mass is 32.2. The van der Waals surface area contributed by atoms with Gasteiger partial charge in [-0.1, -0.05) is 56.4 Å². The van der Waals surface area contributed by atoms with Crippen molar-refractivity contribution in [1.29, 1.82) is 4.78 Å². The third-order valence-electron chi connectivity index (χ3n) is 8.97. The molecular weight excluding hydrogens is 442 g/mol. The average Bonchev–Trinajstić information content (AvgIpc) is 3.17. The number of hydrogen-bond donors (Lipinski definition) is 3. The number of aliphatic hydroxyl groups is 2. The highest BCUT2D eigenvalue weighted by molar-refractivity contribution is 7.92. The normalized spacial score (nSPS) is 36.9. The van der Waals surface area contributed by atoms with Crippen LogP contribution >= 0.6 is 0 Å². The molecule has 34 heavy (non-hydrogen) atoms. The highest BCUT2D eigenvalue weighted by Crippen LogP contribution is 2.59. The number of rotatable bonds is 6. The molecule has 0 amide bonds. The van der Waals surface area contributed by atoms with Crippen molar-refractivity contribution in [2.24, 2.45) is 23.2 Å². The summed E-state index contributed by atoms with van der Waals surface area (Å²) in [7, 11) is -2.75. The predicted molar refractivity (Wildman–Crippen MR) is 139 cm³/mol. The molecule has 3 N–H and O–H groups in total. The van der Waals surface area contributed by atoms with Crippen LogP contribution in [0, 0.1) is 27.9 Å². The first-order valence-electron chi connectivity index (χ1n) is 12.9. The van der Waals surface area contributed by atoms with Gasteiger partial charge in [-0.25, -0.2) is 8.99 Å². The molecule has 0 heterocycles. The summed E-state index contributed by atoms with van der Waals surface area (Å²) in [6, 6.07) is 9.27. The molecule has 0 saturated heterocycles. The van der Waals surface area contributed by atoms with Crippen LogP contribution in [0.5, 0.6) is 0 Å². The van der Waals surface area contributed by atoms with Gasteiger partial charge in [0.15, 0.2) is 0 Å². The van der Waals surface area contributed by atoms with Gasteiger partial charge in [0.05, 0.1) is 21.9 Å². The molecule has 5 heteroatoms. The fourth-order valence-corrected chi connectivity index (χ4v) is 8.53. The van der Waals surface area contributed by atoms with E-state index >= 15 is 0 Å². The van der Waals surface area contributed by atoms with Gasteiger partial charge in [0.25, 0.3) is 0 Å². The maximum atomic E-state index is 13.0. The van der Waals surface area contributed by atoms with Crippen molar-refractivity contribution >= 4 is 9.73 Å². The molecule has 0 unspecified atom stereocenters. The van der Waals surface area contributed by atoms with Gasteiger partial charge in [0.2, 0.25) is 0 Å². The number of aliphatic hydroxyl groups excluding tert-OH is 2. The van der Waals surface area contributed by atoms with Gasteiger partial charge in [0, 0.05) is 17.1 Å². The van der Waals surface area contributed by atoms with Gasteiger partial charge < -0.3 is 10.2 Å². The molecule has 7 atom stereocenters. The Hall–Kier alpha value is -1.69. The summed E-state index contributed by atoms with van der Waals surface area (Å²) in [5.41, 5.74) is 3.45. The standard InChI is InChI=1S/C29H41NO3S/c1-20(15-17-34(30,33)25-9-5-4-6-10-25)26-13-14-27-22(8-7-16-29(26,27)3)11-12-23-18-24(31)19-28(32)21(23)2/h4-6,9-12,20,24,26-28,30-32H,2,7-8,13-19H2,1,3H3/b22-11+,23-12-/t20-,24+,26-,27+,28-,29-,34-/m1/s1.